The molecule has 190 valence electrons. The molecule has 37 heavy (non-hydrogen) atoms. The number of halogens is 1. The highest BCUT2D eigenvalue weighted by molar-refractivity contribution is 7.80. The SMILES string of the molecule is CCOc1ccc(N2C(=O)/C(=C\c3ccc(OC)c(COc4ccc([N+](=O)[O-])cc4Cl)c3)NC2=S)cc1. The Morgan fingerprint density at radius 2 is 1.81 bits per heavy atom. The van der Waals surface area contributed by atoms with Crippen LogP contribution in [0.5, 0.6) is 17.2 Å². The van der Waals surface area contributed by atoms with Crippen LogP contribution in [0.2, 0.25) is 5.02 Å². The van der Waals surface area contributed by atoms with E-state index in [1.807, 2.05) is 13.0 Å². The fraction of sp³-hybridized carbons (Fsp3) is 0.154. The number of methoxy groups -OCH3 is 1. The maximum absolute atomic E-state index is 13.1. The van der Waals surface area contributed by atoms with Crippen molar-refractivity contribution in [2.75, 3.05) is 18.6 Å². The second-order valence-electron chi connectivity index (χ2n) is 7.79. The lowest BCUT2D eigenvalue weighted by Gasteiger charge is -2.14. The van der Waals surface area contributed by atoms with Gasteiger partial charge in [-0.1, -0.05) is 17.7 Å². The van der Waals surface area contributed by atoms with Gasteiger partial charge in [0.2, 0.25) is 0 Å². The molecule has 3 aromatic carbocycles. The molecule has 11 heteroatoms. The van der Waals surface area contributed by atoms with Gasteiger partial charge in [-0.05, 0) is 73.2 Å². The molecule has 0 aromatic heterocycles. The summed E-state index contributed by atoms with van der Waals surface area (Å²) < 4.78 is 16.7. The first-order valence-corrected chi connectivity index (χ1v) is 11.9. The molecule has 0 atom stereocenters. The van der Waals surface area contributed by atoms with Gasteiger partial charge in [0.15, 0.2) is 5.11 Å². The minimum atomic E-state index is -0.531. The Balaban J connectivity index is 1.53. The van der Waals surface area contributed by atoms with Gasteiger partial charge < -0.3 is 19.5 Å². The third-order valence-electron chi connectivity index (χ3n) is 5.41. The van der Waals surface area contributed by atoms with Gasteiger partial charge in [0.05, 0.1) is 29.4 Å². The number of anilines is 1. The fourth-order valence-electron chi connectivity index (χ4n) is 3.67. The molecule has 1 N–H and O–H groups in total. The van der Waals surface area contributed by atoms with Gasteiger partial charge in [0.25, 0.3) is 11.6 Å². The number of thiocarbonyl (C=S) groups is 1. The van der Waals surface area contributed by atoms with Crippen LogP contribution in [0.4, 0.5) is 11.4 Å². The highest BCUT2D eigenvalue weighted by atomic mass is 35.5. The molecule has 9 nitrogen and oxygen atoms in total. The van der Waals surface area contributed by atoms with E-state index in [9.17, 15) is 14.9 Å². The molecule has 0 aliphatic carbocycles. The molecule has 4 rings (SSSR count). The van der Waals surface area contributed by atoms with Crippen LogP contribution >= 0.6 is 23.8 Å². The predicted octanol–water partition coefficient (Wildman–Crippen LogP) is 5.50. The molecule has 3 aromatic rings. The van der Waals surface area contributed by atoms with Crippen molar-refractivity contribution < 1.29 is 23.9 Å². The van der Waals surface area contributed by atoms with Gasteiger partial charge in [0, 0.05) is 17.7 Å². The highest BCUT2D eigenvalue weighted by Crippen LogP contribution is 2.31. The minimum Gasteiger partial charge on any atom is -0.496 e. The summed E-state index contributed by atoms with van der Waals surface area (Å²) in [7, 11) is 1.53. The number of non-ortho nitro benzene ring substituents is 1. The Bertz CT molecular complexity index is 1390. The van der Waals surface area contributed by atoms with Crippen LogP contribution < -0.4 is 24.4 Å². The molecule has 0 bridgehead atoms. The number of ether oxygens (including phenoxy) is 3. The van der Waals surface area contributed by atoms with Crippen LogP contribution in [0.25, 0.3) is 6.08 Å². The summed E-state index contributed by atoms with van der Waals surface area (Å²) in [5, 5.41) is 14.3. The van der Waals surface area contributed by atoms with Crippen LogP contribution in [0, 0.1) is 10.1 Å². The quantitative estimate of drug-likeness (QED) is 0.165. The number of rotatable bonds is 9. The molecule has 1 aliphatic rings. The minimum absolute atomic E-state index is 0.0792. The molecular formula is C26H22ClN3O6S. The van der Waals surface area contributed by atoms with Crippen LogP contribution in [-0.4, -0.2) is 29.7 Å². The lowest BCUT2D eigenvalue weighted by atomic mass is 10.1. The van der Waals surface area contributed by atoms with Crippen molar-refractivity contribution in [3.63, 3.8) is 0 Å². The number of amides is 1. The molecule has 0 radical (unpaired) electrons. The van der Waals surface area contributed by atoms with Crippen molar-refractivity contribution in [1.82, 2.24) is 5.32 Å². The first kappa shape index (κ1) is 25.9. The van der Waals surface area contributed by atoms with Crippen LogP contribution in [0.3, 0.4) is 0 Å². The summed E-state index contributed by atoms with van der Waals surface area (Å²) in [6, 6.07) is 16.4. The summed E-state index contributed by atoms with van der Waals surface area (Å²) in [4.78, 5) is 24.9. The predicted molar refractivity (Wildman–Crippen MR) is 144 cm³/mol. The third-order valence-corrected chi connectivity index (χ3v) is 5.99. The lowest BCUT2D eigenvalue weighted by Crippen LogP contribution is -2.30. The standard InChI is InChI=1S/C26H22ClN3O6S/c1-3-35-20-8-5-18(6-9-20)29-25(31)22(28-26(29)37)13-16-4-10-23(34-2)17(12-16)15-36-24-11-7-19(30(32)33)14-21(24)27/h4-14H,3,15H2,1-2H3,(H,28,37)/b22-13+. The van der Waals surface area contributed by atoms with E-state index in [2.05, 4.69) is 5.32 Å². The second kappa shape index (κ2) is 11.3. The van der Waals surface area contributed by atoms with E-state index in [-0.39, 0.29) is 28.3 Å². The van der Waals surface area contributed by atoms with E-state index in [0.29, 0.717) is 46.4 Å². The van der Waals surface area contributed by atoms with Crippen LogP contribution in [0.15, 0.2) is 66.4 Å². The van der Waals surface area contributed by atoms with Gasteiger partial charge in [-0.2, -0.15) is 0 Å². The van der Waals surface area contributed by atoms with E-state index in [0.717, 1.165) is 0 Å². The van der Waals surface area contributed by atoms with Crippen LogP contribution in [0.1, 0.15) is 18.1 Å². The van der Waals surface area contributed by atoms with Crippen molar-refractivity contribution in [2.45, 2.75) is 13.5 Å². The number of nitro groups is 1. The average molecular weight is 540 g/mol. The Hall–Kier alpha value is -4.15. The van der Waals surface area contributed by atoms with Crippen molar-refractivity contribution in [3.8, 4) is 17.2 Å². The van der Waals surface area contributed by atoms with E-state index in [4.69, 9.17) is 38.0 Å². The van der Waals surface area contributed by atoms with Gasteiger partial charge in [0.1, 0.15) is 29.6 Å². The largest absolute Gasteiger partial charge is 0.496 e. The number of nitro benzene ring substituents is 1. The molecule has 1 amide bonds. The summed E-state index contributed by atoms with van der Waals surface area (Å²) >= 11 is 11.5. The molecule has 1 heterocycles. The van der Waals surface area contributed by atoms with Crippen molar-refractivity contribution in [3.05, 3.63) is 92.6 Å². The fourth-order valence-corrected chi connectivity index (χ4v) is 4.20. The topological polar surface area (TPSA) is 103 Å². The zero-order valence-electron chi connectivity index (χ0n) is 19.9. The van der Waals surface area contributed by atoms with Gasteiger partial charge in [-0.15, -0.1) is 0 Å². The number of hydrogen-bond acceptors (Lipinski definition) is 7. The molecule has 0 spiro atoms. The molecular weight excluding hydrogens is 518 g/mol. The van der Waals surface area contributed by atoms with E-state index < -0.39 is 4.92 Å². The van der Waals surface area contributed by atoms with Crippen molar-refractivity contribution in [2.24, 2.45) is 0 Å². The third kappa shape index (κ3) is 5.82. The van der Waals surface area contributed by atoms with Crippen molar-refractivity contribution in [1.29, 1.82) is 0 Å². The number of carbonyl (C=O) groups excluding carboxylic acids is 1. The smallest absolute Gasteiger partial charge is 0.281 e. The van der Waals surface area contributed by atoms with Gasteiger partial charge in [-0.3, -0.25) is 19.8 Å². The first-order chi connectivity index (χ1) is 17.8. The monoisotopic (exact) mass is 539 g/mol. The summed E-state index contributed by atoms with van der Waals surface area (Å²) in [6.07, 6.45) is 1.69. The van der Waals surface area contributed by atoms with Gasteiger partial charge >= 0.3 is 0 Å². The number of carbonyl (C=O) groups is 1. The Morgan fingerprint density at radius 1 is 1.08 bits per heavy atom. The van der Waals surface area contributed by atoms with Gasteiger partial charge in [-0.25, -0.2) is 0 Å². The normalized spacial score (nSPS) is 14.0. The lowest BCUT2D eigenvalue weighted by molar-refractivity contribution is -0.384. The van der Waals surface area contributed by atoms with E-state index in [1.165, 1.54) is 30.2 Å². The Kier molecular flexibility index (Phi) is 7.90. The highest BCUT2D eigenvalue weighted by Gasteiger charge is 2.32. The molecule has 1 aliphatic heterocycles. The second-order valence-corrected chi connectivity index (χ2v) is 8.58. The number of nitrogens with one attached hydrogen (secondary N) is 1. The summed E-state index contributed by atoms with van der Waals surface area (Å²) in [6.45, 7) is 2.52. The summed E-state index contributed by atoms with van der Waals surface area (Å²) in [5.41, 5.74) is 2.20. The maximum atomic E-state index is 13.1. The van der Waals surface area contributed by atoms with E-state index >= 15 is 0 Å². The summed E-state index contributed by atoms with van der Waals surface area (Å²) in [5.74, 6) is 1.27. The zero-order valence-corrected chi connectivity index (χ0v) is 21.5. The molecule has 0 saturated carbocycles. The molecule has 1 saturated heterocycles. The average Bonchev–Trinajstić information content (AvgIpc) is 3.16. The Labute approximate surface area is 223 Å². The van der Waals surface area contributed by atoms with E-state index in [1.54, 1.807) is 42.5 Å². The maximum Gasteiger partial charge on any atom is 0.281 e. The number of nitrogens with zero attached hydrogens (tertiary/aromatic N) is 2. The first-order valence-electron chi connectivity index (χ1n) is 11.1. The van der Waals surface area contributed by atoms with Crippen LogP contribution in [-0.2, 0) is 11.4 Å². The van der Waals surface area contributed by atoms with Crippen molar-refractivity contribution >= 4 is 52.3 Å². The number of hydrogen-bond donors (Lipinski definition) is 1. The zero-order chi connectivity index (χ0) is 26.5. The Morgan fingerprint density at radius 3 is 2.46 bits per heavy atom. The molecule has 1 fully saturated rings. The molecule has 0 unspecified atom stereocenters. The number of benzene rings is 3.